The van der Waals surface area contributed by atoms with E-state index in [0.29, 0.717) is 0 Å². The van der Waals surface area contributed by atoms with Crippen LogP contribution in [0.3, 0.4) is 0 Å². The average Bonchev–Trinajstić information content (AvgIpc) is 3.29. The second-order valence-electron chi connectivity index (χ2n) is 8.36. The lowest BCUT2D eigenvalue weighted by atomic mass is 9.97. The van der Waals surface area contributed by atoms with Crippen molar-refractivity contribution in [3.63, 3.8) is 0 Å². The number of pyridine rings is 2. The lowest BCUT2D eigenvalue weighted by molar-refractivity contribution is 1.31. The number of imidazole rings is 1. The number of hydrogen-bond donors (Lipinski definition) is 0. The van der Waals surface area contributed by atoms with Crippen molar-refractivity contribution >= 4 is 38.4 Å². The summed E-state index contributed by atoms with van der Waals surface area (Å²) in [5.41, 5.74) is 8.97. The van der Waals surface area contributed by atoms with E-state index in [1.165, 1.54) is 21.9 Å². The fourth-order valence-corrected chi connectivity index (χ4v) is 4.88. The first kappa shape index (κ1) is 18.1. The Morgan fingerprint density at radius 1 is 0.515 bits per heavy atom. The number of benzene rings is 4. The average molecular weight is 422 g/mol. The molecule has 3 nitrogen and oxygen atoms in total. The van der Waals surface area contributed by atoms with Crippen molar-refractivity contribution < 1.29 is 0 Å². The molecule has 3 heteroatoms. The SMILES string of the molecule is c1ccc(-c2ccc3c(c2)c2cc(-c4cccnc4)ccc2n2c4ccccc4nc32)cc1. The normalized spacial score (nSPS) is 11.6. The number of nitrogens with zero attached hydrogens (tertiary/aromatic N) is 3. The van der Waals surface area contributed by atoms with Gasteiger partial charge >= 0.3 is 0 Å². The molecule has 0 spiro atoms. The Labute approximate surface area is 190 Å². The number of rotatable bonds is 2. The van der Waals surface area contributed by atoms with Crippen LogP contribution in [0.5, 0.6) is 0 Å². The zero-order chi connectivity index (χ0) is 21.8. The zero-order valence-electron chi connectivity index (χ0n) is 17.8. The largest absolute Gasteiger partial charge is 0.292 e. The Kier molecular flexibility index (Phi) is 3.84. The van der Waals surface area contributed by atoms with Gasteiger partial charge in [0.25, 0.3) is 0 Å². The molecule has 7 aromatic rings. The van der Waals surface area contributed by atoms with E-state index in [-0.39, 0.29) is 0 Å². The van der Waals surface area contributed by atoms with Gasteiger partial charge in [-0.1, -0.05) is 60.7 Å². The molecule has 0 amide bonds. The Hall–Kier alpha value is -4.50. The Morgan fingerprint density at radius 2 is 1.27 bits per heavy atom. The molecule has 0 bridgehead atoms. The molecule has 4 aromatic carbocycles. The lowest BCUT2D eigenvalue weighted by Crippen LogP contribution is -1.93. The minimum Gasteiger partial charge on any atom is -0.292 e. The fourth-order valence-electron chi connectivity index (χ4n) is 4.88. The van der Waals surface area contributed by atoms with Crippen LogP contribution >= 0.6 is 0 Å². The van der Waals surface area contributed by atoms with Crippen LogP contribution in [0.2, 0.25) is 0 Å². The highest BCUT2D eigenvalue weighted by Crippen LogP contribution is 2.36. The van der Waals surface area contributed by atoms with Gasteiger partial charge in [0.15, 0.2) is 0 Å². The second kappa shape index (κ2) is 7.01. The van der Waals surface area contributed by atoms with Crippen LogP contribution < -0.4 is 0 Å². The van der Waals surface area contributed by atoms with Gasteiger partial charge in [0.05, 0.1) is 16.6 Å². The molecule has 0 saturated heterocycles. The molecule has 0 unspecified atom stereocenters. The molecule has 3 aromatic heterocycles. The third-order valence-electron chi connectivity index (χ3n) is 6.45. The summed E-state index contributed by atoms with van der Waals surface area (Å²) < 4.78 is 2.29. The summed E-state index contributed by atoms with van der Waals surface area (Å²) in [5, 5.41) is 3.57. The maximum atomic E-state index is 5.03. The summed E-state index contributed by atoms with van der Waals surface area (Å²) in [4.78, 5) is 9.35. The third-order valence-corrected chi connectivity index (χ3v) is 6.45. The van der Waals surface area contributed by atoms with Gasteiger partial charge < -0.3 is 0 Å². The highest BCUT2D eigenvalue weighted by Gasteiger charge is 2.15. The molecule has 0 aliphatic heterocycles. The molecule has 0 aliphatic rings. The predicted octanol–water partition coefficient (Wildman–Crippen LogP) is 7.52. The van der Waals surface area contributed by atoms with Crippen molar-refractivity contribution in [2.75, 3.05) is 0 Å². The first-order valence-corrected chi connectivity index (χ1v) is 11.1. The van der Waals surface area contributed by atoms with Gasteiger partial charge in [0.2, 0.25) is 0 Å². The Balaban J connectivity index is 1.65. The van der Waals surface area contributed by atoms with Crippen molar-refractivity contribution in [1.82, 2.24) is 14.4 Å². The van der Waals surface area contributed by atoms with Crippen molar-refractivity contribution in [1.29, 1.82) is 0 Å². The monoisotopic (exact) mass is 421 g/mol. The van der Waals surface area contributed by atoms with Gasteiger partial charge in [-0.2, -0.15) is 0 Å². The molecule has 33 heavy (non-hydrogen) atoms. The van der Waals surface area contributed by atoms with Gasteiger partial charge in [0.1, 0.15) is 5.65 Å². The summed E-state index contributed by atoms with van der Waals surface area (Å²) in [6.45, 7) is 0. The molecule has 0 radical (unpaired) electrons. The summed E-state index contributed by atoms with van der Waals surface area (Å²) in [6, 6.07) is 36.4. The van der Waals surface area contributed by atoms with Crippen LogP contribution in [-0.2, 0) is 0 Å². The molecule has 0 saturated carbocycles. The second-order valence-corrected chi connectivity index (χ2v) is 8.36. The van der Waals surface area contributed by atoms with E-state index in [9.17, 15) is 0 Å². The minimum atomic E-state index is 0.993. The Bertz CT molecular complexity index is 1800. The smallest absolute Gasteiger partial charge is 0.146 e. The third kappa shape index (κ3) is 2.76. The Morgan fingerprint density at radius 3 is 2.15 bits per heavy atom. The lowest BCUT2D eigenvalue weighted by Gasteiger charge is -2.12. The molecule has 0 aliphatic carbocycles. The van der Waals surface area contributed by atoms with E-state index >= 15 is 0 Å². The number of aromatic nitrogens is 3. The standard InChI is InChI=1S/C30H19N3/c1-2-7-20(8-3-1)21-12-14-24-25(17-21)26-18-22(23-9-6-16-31-19-23)13-15-28(26)33-29-11-5-4-10-27(29)32-30(24)33/h1-19H. The molecule has 154 valence electrons. The van der Waals surface area contributed by atoms with Crippen molar-refractivity contribution in [2.24, 2.45) is 0 Å². The van der Waals surface area contributed by atoms with E-state index in [1.807, 2.05) is 24.5 Å². The van der Waals surface area contributed by atoms with Crippen LogP contribution in [-0.4, -0.2) is 14.4 Å². The van der Waals surface area contributed by atoms with Gasteiger partial charge in [0, 0.05) is 28.7 Å². The summed E-state index contributed by atoms with van der Waals surface area (Å²) >= 11 is 0. The molecule has 3 heterocycles. The van der Waals surface area contributed by atoms with E-state index in [1.54, 1.807) is 0 Å². The van der Waals surface area contributed by atoms with E-state index in [4.69, 9.17) is 4.98 Å². The quantitative estimate of drug-likeness (QED) is 0.270. The summed E-state index contributed by atoms with van der Waals surface area (Å²) in [7, 11) is 0. The summed E-state index contributed by atoms with van der Waals surface area (Å²) in [5.74, 6) is 0. The van der Waals surface area contributed by atoms with Gasteiger partial charge in [-0.3, -0.25) is 9.38 Å². The van der Waals surface area contributed by atoms with E-state index in [0.717, 1.165) is 38.7 Å². The first-order chi connectivity index (χ1) is 16.4. The highest BCUT2D eigenvalue weighted by molar-refractivity contribution is 6.15. The predicted molar refractivity (Wildman–Crippen MR) is 136 cm³/mol. The van der Waals surface area contributed by atoms with Crippen molar-refractivity contribution in [2.45, 2.75) is 0 Å². The molecule has 0 N–H and O–H groups in total. The fraction of sp³-hybridized carbons (Fsp3) is 0. The van der Waals surface area contributed by atoms with Gasteiger partial charge in [-0.15, -0.1) is 0 Å². The number of hydrogen-bond acceptors (Lipinski definition) is 2. The van der Waals surface area contributed by atoms with Crippen LogP contribution in [0.25, 0.3) is 60.6 Å². The van der Waals surface area contributed by atoms with Crippen LogP contribution in [0.1, 0.15) is 0 Å². The molecular weight excluding hydrogens is 402 g/mol. The molecule has 0 atom stereocenters. The molecule has 7 rings (SSSR count). The van der Waals surface area contributed by atoms with Crippen LogP contribution in [0.4, 0.5) is 0 Å². The molecular formula is C30H19N3. The maximum Gasteiger partial charge on any atom is 0.146 e. The van der Waals surface area contributed by atoms with Gasteiger partial charge in [-0.05, 0) is 64.5 Å². The number of fused-ring (bicyclic) bond motifs is 8. The van der Waals surface area contributed by atoms with Crippen molar-refractivity contribution in [3.8, 4) is 22.3 Å². The topological polar surface area (TPSA) is 30.2 Å². The maximum absolute atomic E-state index is 5.03. The van der Waals surface area contributed by atoms with E-state index in [2.05, 4.69) is 100 Å². The summed E-state index contributed by atoms with van der Waals surface area (Å²) in [6.07, 6.45) is 3.73. The van der Waals surface area contributed by atoms with E-state index < -0.39 is 0 Å². The van der Waals surface area contributed by atoms with Gasteiger partial charge in [-0.25, -0.2) is 4.98 Å². The molecule has 0 fully saturated rings. The minimum absolute atomic E-state index is 0.993. The first-order valence-electron chi connectivity index (χ1n) is 11.1. The van der Waals surface area contributed by atoms with Crippen molar-refractivity contribution in [3.05, 3.63) is 116 Å². The van der Waals surface area contributed by atoms with Crippen LogP contribution in [0, 0.1) is 0 Å². The zero-order valence-corrected chi connectivity index (χ0v) is 17.8. The van der Waals surface area contributed by atoms with Crippen LogP contribution in [0.15, 0.2) is 116 Å². The number of para-hydroxylation sites is 2. The highest BCUT2D eigenvalue weighted by atomic mass is 15.0.